The summed E-state index contributed by atoms with van der Waals surface area (Å²) in [5.41, 5.74) is 0. The molecule has 6 N–H and O–H groups in total. The van der Waals surface area contributed by atoms with E-state index < -0.39 is 49.5 Å². The standard InChI is InChI=1S/C68H111NO8/c1-3-5-7-9-11-13-15-17-19-20-21-22-23-24-25-26-27-28-29-30-31-32-33-34-35-36-37-38-39-40-41-42-44-46-48-50-52-54-56-58-64(72)69-61(60-76-68-67(75)66(74)65(73)63(59-70)77-68)62(71)57-55-53-51-49-47-45-43-18-16-14-12-10-8-6-4-2/h5,7,11,13,17,19,21-22,24-25,27-28,30-31,33-34,36-37,39-40,42,44,48,50,61-63,65-68,70-71,73-75H,3-4,6,8-10,12,14-16,18,20,23,26,29,32,35,38,41,43,45-47,49,51-60H2,1-2H3,(H,69,72)/b7-5-,13-11-,19-17-,22-21-,25-24-,28-27-,31-30-,34-33-,37-36-,40-39-,44-42-,50-48-. The lowest BCUT2D eigenvalue weighted by Crippen LogP contribution is -2.60. The lowest BCUT2D eigenvalue weighted by Gasteiger charge is -2.40. The van der Waals surface area contributed by atoms with Crippen molar-refractivity contribution < 1.29 is 39.8 Å². The summed E-state index contributed by atoms with van der Waals surface area (Å²) in [6.07, 6.45) is 78.8. The van der Waals surface area contributed by atoms with Gasteiger partial charge in [-0.1, -0.05) is 256 Å². The summed E-state index contributed by atoms with van der Waals surface area (Å²) in [6.45, 7) is 3.69. The van der Waals surface area contributed by atoms with Crippen LogP contribution in [0.4, 0.5) is 0 Å². The highest BCUT2D eigenvalue weighted by Crippen LogP contribution is 2.23. The zero-order valence-electron chi connectivity index (χ0n) is 48.4. The van der Waals surface area contributed by atoms with Gasteiger partial charge in [-0.2, -0.15) is 0 Å². The molecule has 77 heavy (non-hydrogen) atoms. The van der Waals surface area contributed by atoms with E-state index in [1.165, 1.54) is 77.0 Å². The van der Waals surface area contributed by atoms with Gasteiger partial charge in [-0.05, 0) is 103 Å². The number of unbranched alkanes of at least 4 members (excludes halogenated alkanes) is 16. The Labute approximate surface area is 470 Å². The minimum atomic E-state index is -1.57. The van der Waals surface area contributed by atoms with Gasteiger partial charge in [0.15, 0.2) is 6.29 Å². The minimum absolute atomic E-state index is 0.165. The van der Waals surface area contributed by atoms with Crippen LogP contribution in [-0.4, -0.2) is 87.5 Å². The average molecular weight is 1070 g/mol. The number of allylic oxidation sites excluding steroid dienone is 24. The number of ether oxygens (including phenoxy) is 2. The molecule has 436 valence electrons. The maximum Gasteiger partial charge on any atom is 0.220 e. The highest BCUT2D eigenvalue weighted by molar-refractivity contribution is 5.76. The van der Waals surface area contributed by atoms with Crippen LogP contribution < -0.4 is 5.32 Å². The van der Waals surface area contributed by atoms with Crippen LogP contribution in [0.1, 0.15) is 219 Å². The molecular formula is C68H111NO8. The third kappa shape index (κ3) is 44.6. The number of carbonyl (C=O) groups excluding carboxylic acids is 1. The van der Waals surface area contributed by atoms with E-state index in [9.17, 15) is 30.3 Å². The topological polar surface area (TPSA) is 149 Å². The Morgan fingerprint density at radius 1 is 0.455 bits per heavy atom. The van der Waals surface area contributed by atoms with E-state index in [2.05, 4.69) is 165 Å². The fourth-order valence-corrected chi connectivity index (χ4v) is 8.67. The average Bonchev–Trinajstić information content (AvgIpc) is 3.43. The minimum Gasteiger partial charge on any atom is -0.394 e. The molecule has 0 aromatic carbocycles. The van der Waals surface area contributed by atoms with E-state index in [1.54, 1.807) is 0 Å². The molecular weight excluding hydrogens is 959 g/mol. The highest BCUT2D eigenvalue weighted by atomic mass is 16.7. The number of rotatable bonds is 50. The van der Waals surface area contributed by atoms with Crippen LogP contribution in [0, 0.1) is 0 Å². The molecule has 0 radical (unpaired) electrons. The third-order valence-electron chi connectivity index (χ3n) is 13.5. The molecule has 0 aromatic rings. The largest absolute Gasteiger partial charge is 0.394 e. The molecule has 0 aliphatic carbocycles. The zero-order valence-corrected chi connectivity index (χ0v) is 48.4. The van der Waals surface area contributed by atoms with Crippen molar-refractivity contribution in [2.24, 2.45) is 0 Å². The molecule has 1 aliphatic rings. The van der Waals surface area contributed by atoms with Crippen LogP contribution in [0.3, 0.4) is 0 Å². The smallest absolute Gasteiger partial charge is 0.220 e. The summed E-state index contributed by atoms with van der Waals surface area (Å²) < 4.78 is 11.3. The van der Waals surface area contributed by atoms with E-state index in [-0.39, 0.29) is 12.5 Å². The number of aliphatic hydroxyl groups is 5. The van der Waals surface area contributed by atoms with E-state index in [0.717, 1.165) is 109 Å². The number of amides is 1. The Morgan fingerprint density at radius 2 is 0.805 bits per heavy atom. The van der Waals surface area contributed by atoms with Crippen LogP contribution in [0.2, 0.25) is 0 Å². The molecule has 0 bridgehead atoms. The van der Waals surface area contributed by atoms with Crippen molar-refractivity contribution >= 4 is 5.91 Å². The second-order valence-corrected chi connectivity index (χ2v) is 20.4. The second kappa shape index (κ2) is 55.4. The van der Waals surface area contributed by atoms with Crippen molar-refractivity contribution in [1.82, 2.24) is 5.32 Å². The first-order chi connectivity index (χ1) is 37.8. The number of carbonyl (C=O) groups is 1. The van der Waals surface area contributed by atoms with Gasteiger partial charge in [-0.25, -0.2) is 0 Å². The first-order valence-electron chi connectivity index (χ1n) is 30.5. The summed E-state index contributed by atoms with van der Waals surface area (Å²) in [5.74, 6) is -0.192. The highest BCUT2D eigenvalue weighted by Gasteiger charge is 2.44. The maximum absolute atomic E-state index is 13.1. The molecule has 1 fully saturated rings. The van der Waals surface area contributed by atoms with Crippen molar-refractivity contribution in [3.63, 3.8) is 0 Å². The SMILES string of the molecule is CC/C=C\C/C=C\C/C=C\C/C=C\C/C=C\C/C=C\C/C=C\C/C=C\C/C=C\C/C=C\C/C=C\C/C=C\CCCCC(=O)NC(COC1OC(CO)C(O)C(O)C1O)C(O)CCCCCCCCCCCCCCCCC. The number of nitrogens with one attached hydrogen (secondary N) is 1. The van der Waals surface area contributed by atoms with Crippen LogP contribution >= 0.6 is 0 Å². The Morgan fingerprint density at radius 3 is 1.17 bits per heavy atom. The van der Waals surface area contributed by atoms with Gasteiger partial charge in [0.2, 0.25) is 5.91 Å². The monoisotopic (exact) mass is 1070 g/mol. The van der Waals surface area contributed by atoms with Crippen molar-refractivity contribution in [3.05, 3.63) is 146 Å². The molecule has 0 saturated carbocycles. The van der Waals surface area contributed by atoms with Crippen LogP contribution in [-0.2, 0) is 14.3 Å². The lowest BCUT2D eigenvalue weighted by molar-refractivity contribution is -0.302. The van der Waals surface area contributed by atoms with Gasteiger partial charge in [0.25, 0.3) is 0 Å². The summed E-state index contributed by atoms with van der Waals surface area (Å²) in [5, 5.41) is 54.6. The molecule has 9 heteroatoms. The van der Waals surface area contributed by atoms with E-state index in [0.29, 0.717) is 19.3 Å². The molecule has 7 unspecified atom stereocenters. The van der Waals surface area contributed by atoms with Crippen LogP contribution in [0.25, 0.3) is 0 Å². The summed E-state index contributed by atoms with van der Waals surface area (Å²) >= 11 is 0. The second-order valence-electron chi connectivity index (χ2n) is 20.4. The fourth-order valence-electron chi connectivity index (χ4n) is 8.67. The Kier molecular flexibility index (Phi) is 51.1. The fraction of sp³-hybridized carbons (Fsp3) is 0.632. The van der Waals surface area contributed by atoms with Crippen molar-refractivity contribution in [2.75, 3.05) is 13.2 Å². The van der Waals surface area contributed by atoms with E-state index >= 15 is 0 Å². The van der Waals surface area contributed by atoms with Gasteiger partial charge in [-0.3, -0.25) is 4.79 Å². The number of aliphatic hydroxyl groups excluding tert-OH is 5. The van der Waals surface area contributed by atoms with Gasteiger partial charge < -0.3 is 40.3 Å². The van der Waals surface area contributed by atoms with E-state index in [1.807, 2.05) is 0 Å². The summed E-state index contributed by atoms with van der Waals surface area (Å²) in [4.78, 5) is 13.1. The van der Waals surface area contributed by atoms with Gasteiger partial charge >= 0.3 is 0 Å². The van der Waals surface area contributed by atoms with Crippen LogP contribution in [0.15, 0.2) is 146 Å². The maximum atomic E-state index is 13.1. The zero-order chi connectivity index (χ0) is 55.8. The normalized spacial score (nSPS) is 19.8. The van der Waals surface area contributed by atoms with Crippen molar-refractivity contribution in [3.8, 4) is 0 Å². The molecule has 1 amide bonds. The first kappa shape index (κ1) is 71.1. The van der Waals surface area contributed by atoms with Gasteiger partial charge in [0, 0.05) is 6.42 Å². The van der Waals surface area contributed by atoms with Crippen molar-refractivity contribution in [2.45, 2.75) is 262 Å². The van der Waals surface area contributed by atoms with Gasteiger partial charge in [-0.15, -0.1) is 0 Å². The molecule has 1 saturated heterocycles. The Balaban J connectivity index is 2.22. The van der Waals surface area contributed by atoms with E-state index in [4.69, 9.17) is 9.47 Å². The van der Waals surface area contributed by atoms with Crippen LogP contribution in [0.5, 0.6) is 0 Å². The molecule has 1 rings (SSSR count). The molecule has 1 aliphatic heterocycles. The quantitative estimate of drug-likeness (QED) is 0.0261. The molecule has 7 atom stereocenters. The predicted octanol–water partition coefficient (Wildman–Crippen LogP) is 15.8. The Hall–Kier alpha value is -3.93. The third-order valence-corrected chi connectivity index (χ3v) is 13.5. The number of hydrogen-bond donors (Lipinski definition) is 6. The predicted molar refractivity (Wildman–Crippen MR) is 326 cm³/mol. The summed E-state index contributed by atoms with van der Waals surface area (Å²) in [7, 11) is 0. The van der Waals surface area contributed by atoms with Gasteiger partial charge in [0.1, 0.15) is 24.4 Å². The molecule has 1 heterocycles. The Bertz CT molecular complexity index is 1720. The van der Waals surface area contributed by atoms with Gasteiger partial charge in [0.05, 0.1) is 25.4 Å². The van der Waals surface area contributed by atoms with Crippen molar-refractivity contribution in [1.29, 1.82) is 0 Å². The molecule has 9 nitrogen and oxygen atoms in total. The lowest BCUT2D eigenvalue weighted by atomic mass is 9.99. The number of hydrogen-bond acceptors (Lipinski definition) is 8. The summed E-state index contributed by atoms with van der Waals surface area (Å²) in [6, 6.07) is -0.753. The molecule has 0 spiro atoms. The first-order valence-corrected chi connectivity index (χ1v) is 30.5. The molecule has 0 aromatic heterocycles.